The average Bonchev–Trinajstić information content (AvgIpc) is 2.18. The van der Waals surface area contributed by atoms with Crippen molar-refractivity contribution in [3.05, 3.63) is 35.4 Å². The lowest BCUT2D eigenvalue weighted by Crippen LogP contribution is -2.22. The van der Waals surface area contributed by atoms with Crippen LogP contribution in [0.3, 0.4) is 0 Å². The molecule has 0 heterocycles. The molecule has 1 aromatic rings. The molecular weight excluding hydrogens is 180 g/mol. The van der Waals surface area contributed by atoms with Crippen LogP contribution in [-0.4, -0.2) is 22.3 Å². The molecule has 0 amide bonds. The fourth-order valence-corrected chi connectivity index (χ4v) is 1.40. The van der Waals surface area contributed by atoms with Crippen molar-refractivity contribution in [1.82, 2.24) is 0 Å². The smallest absolute Gasteiger partial charge is 0.332 e. The van der Waals surface area contributed by atoms with E-state index >= 15 is 0 Å². The molecule has 1 rings (SSSR count). The van der Waals surface area contributed by atoms with Gasteiger partial charge in [-0.3, -0.25) is 0 Å². The van der Waals surface area contributed by atoms with Crippen LogP contribution in [0.15, 0.2) is 24.3 Å². The molecule has 1 aromatic carbocycles. The van der Waals surface area contributed by atoms with E-state index in [-0.39, 0.29) is 6.42 Å². The largest absolute Gasteiger partial charge is 0.479 e. The number of hydrogen-bond donors (Lipinski definition) is 2. The van der Waals surface area contributed by atoms with Gasteiger partial charge in [0.05, 0.1) is 0 Å². The van der Waals surface area contributed by atoms with Gasteiger partial charge in [-0.2, -0.15) is 0 Å². The quantitative estimate of drug-likeness (QED) is 0.758. The van der Waals surface area contributed by atoms with Gasteiger partial charge in [0.1, 0.15) is 0 Å². The van der Waals surface area contributed by atoms with E-state index < -0.39 is 12.1 Å². The Hall–Kier alpha value is -1.35. The highest BCUT2D eigenvalue weighted by atomic mass is 16.4. The average molecular weight is 194 g/mol. The molecule has 3 heteroatoms. The number of aliphatic carboxylic acids is 1. The van der Waals surface area contributed by atoms with Crippen LogP contribution in [-0.2, 0) is 17.6 Å². The van der Waals surface area contributed by atoms with Crippen LogP contribution in [0.2, 0.25) is 0 Å². The van der Waals surface area contributed by atoms with Crippen LogP contribution in [0.4, 0.5) is 0 Å². The topological polar surface area (TPSA) is 57.5 Å². The zero-order chi connectivity index (χ0) is 10.6. The Morgan fingerprint density at radius 2 is 1.93 bits per heavy atom. The van der Waals surface area contributed by atoms with Gasteiger partial charge in [0.15, 0.2) is 6.10 Å². The SMILES string of the molecule is CCc1ccccc1CC(O)C(=O)O. The third-order valence-corrected chi connectivity index (χ3v) is 2.20. The van der Waals surface area contributed by atoms with Crippen LogP contribution in [0.1, 0.15) is 18.1 Å². The summed E-state index contributed by atoms with van der Waals surface area (Å²) >= 11 is 0. The summed E-state index contributed by atoms with van der Waals surface area (Å²) in [7, 11) is 0. The molecule has 0 bridgehead atoms. The first kappa shape index (κ1) is 10.7. The van der Waals surface area contributed by atoms with Crippen LogP contribution in [0.5, 0.6) is 0 Å². The van der Waals surface area contributed by atoms with Gasteiger partial charge in [0, 0.05) is 6.42 Å². The second-order valence-electron chi connectivity index (χ2n) is 3.18. The minimum absolute atomic E-state index is 0.180. The summed E-state index contributed by atoms with van der Waals surface area (Å²) in [4.78, 5) is 10.5. The molecule has 0 spiro atoms. The molecule has 1 atom stereocenters. The van der Waals surface area contributed by atoms with Crippen molar-refractivity contribution < 1.29 is 15.0 Å². The van der Waals surface area contributed by atoms with Gasteiger partial charge in [-0.1, -0.05) is 31.2 Å². The van der Waals surface area contributed by atoms with Gasteiger partial charge in [0.25, 0.3) is 0 Å². The summed E-state index contributed by atoms with van der Waals surface area (Å²) < 4.78 is 0. The molecule has 0 saturated heterocycles. The van der Waals surface area contributed by atoms with Crippen molar-refractivity contribution in [3.8, 4) is 0 Å². The minimum Gasteiger partial charge on any atom is -0.479 e. The predicted molar refractivity (Wildman–Crippen MR) is 53.2 cm³/mol. The van der Waals surface area contributed by atoms with Gasteiger partial charge in [-0.15, -0.1) is 0 Å². The van der Waals surface area contributed by atoms with E-state index in [0.717, 1.165) is 17.5 Å². The molecule has 1 unspecified atom stereocenters. The first-order valence-corrected chi connectivity index (χ1v) is 4.62. The van der Waals surface area contributed by atoms with Crippen LogP contribution >= 0.6 is 0 Å². The van der Waals surface area contributed by atoms with Gasteiger partial charge < -0.3 is 10.2 Å². The standard InChI is InChI=1S/C11H14O3/c1-2-8-5-3-4-6-9(8)7-10(12)11(13)14/h3-6,10,12H,2,7H2,1H3,(H,13,14). The summed E-state index contributed by atoms with van der Waals surface area (Å²) in [5.74, 6) is -1.17. The number of aryl methyl sites for hydroxylation is 1. The molecule has 0 radical (unpaired) electrons. The van der Waals surface area contributed by atoms with Crippen molar-refractivity contribution in [3.63, 3.8) is 0 Å². The van der Waals surface area contributed by atoms with E-state index in [2.05, 4.69) is 0 Å². The number of aliphatic hydroxyl groups is 1. The third-order valence-electron chi connectivity index (χ3n) is 2.20. The highest BCUT2D eigenvalue weighted by molar-refractivity contribution is 5.72. The molecule has 76 valence electrons. The Bertz CT molecular complexity index is 320. The highest BCUT2D eigenvalue weighted by Gasteiger charge is 2.14. The molecular formula is C11H14O3. The lowest BCUT2D eigenvalue weighted by Gasteiger charge is -2.09. The third kappa shape index (κ3) is 2.57. The Kier molecular flexibility index (Phi) is 3.65. The molecule has 2 N–H and O–H groups in total. The van der Waals surface area contributed by atoms with Crippen LogP contribution < -0.4 is 0 Å². The zero-order valence-electron chi connectivity index (χ0n) is 8.10. The highest BCUT2D eigenvalue weighted by Crippen LogP contribution is 2.11. The monoisotopic (exact) mass is 194 g/mol. The number of carboxylic acid groups (broad SMARTS) is 1. The Balaban J connectivity index is 2.80. The van der Waals surface area contributed by atoms with E-state index in [4.69, 9.17) is 5.11 Å². The summed E-state index contributed by atoms with van der Waals surface area (Å²) in [6, 6.07) is 7.56. The van der Waals surface area contributed by atoms with Crippen molar-refractivity contribution in [2.24, 2.45) is 0 Å². The van der Waals surface area contributed by atoms with Crippen molar-refractivity contribution >= 4 is 5.97 Å². The van der Waals surface area contributed by atoms with E-state index in [0.29, 0.717) is 0 Å². The van der Waals surface area contributed by atoms with Crippen molar-refractivity contribution in [1.29, 1.82) is 0 Å². The second kappa shape index (κ2) is 4.77. The first-order valence-electron chi connectivity index (χ1n) is 4.62. The molecule has 0 saturated carbocycles. The maximum atomic E-state index is 10.5. The van der Waals surface area contributed by atoms with Crippen LogP contribution in [0.25, 0.3) is 0 Å². The molecule has 0 fully saturated rings. The number of benzene rings is 1. The fourth-order valence-electron chi connectivity index (χ4n) is 1.40. The summed E-state index contributed by atoms with van der Waals surface area (Å²) in [5.41, 5.74) is 2.00. The number of hydrogen-bond acceptors (Lipinski definition) is 2. The number of carboxylic acids is 1. The van der Waals surface area contributed by atoms with Gasteiger partial charge in [-0.05, 0) is 17.5 Å². The Morgan fingerprint density at radius 1 is 1.36 bits per heavy atom. The van der Waals surface area contributed by atoms with E-state index in [1.807, 2.05) is 31.2 Å². The zero-order valence-corrected chi connectivity index (χ0v) is 8.10. The van der Waals surface area contributed by atoms with Gasteiger partial charge in [-0.25, -0.2) is 4.79 Å². The Morgan fingerprint density at radius 3 is 2.43 bits per heavy atom. The lowest BCUT2D eigenvalue weighted by molar-refractivity contribution is -0.146. The predicted octanol–water partition coefficient (Wildman–Crippen LogP) is 1.24. The van der Waals surface area contributed by atoms with E-state index in [1.165, 1.54) is 0 Å². The molecule has 3 nitrogen and oxygen atoms in total. The molecule has 0 aliphatic carbocycles. The maximum Gasteiger partial charge on any atom is 0.332 e. The number of carbonyl (C=O) groups is 1. The summed E-state index contributed by atoms with van der Waals surface area (Å²) in [6.45, 7) is 2.01. The normalized spacial score (nSPS) is 12.4. The molecule has 0 aromatic heterocycles. The second-order valence-corrected chi connectivity index (χ2v) is 3.18. The summed E-state index contributed by atoms with van der Waals surface area (Å²) in [5, 5.41) is 17.8. The lowest BCUT2D eigenvalue weighted by atomic mass is 10.00. The van der Waals surface area contributed by atoms with E-state index in [1.54, 1.807) is 0 Å². The van der Waals surface area contributed by atoms with Gasteiger partial charge in [0.2, 0.25) is 0 Å². The number of aliphatic hydroxyl groups excluding tert-OH is 1. The summed E-state index contributed by atoms with van der Waals surface area (Å²) in [6.07, 6.45) is -0.273. The van der Waals surface area contributed by atoms with E-state index in [9.17, 15) is 9.90 Å². The molecule has 0 aliphatic heterocycles. The maximum absolute atomic E-state index is 10.5. The van der Waals surface area contributed by atoms with Crippen LogP contribution in [0, 0.1) is 0 Å². The first-order chi connectivity index (χ1) is 6.65. The van der Waals surface area contributed by atoms with Crippen molar-refractivity contribution in [2.75, 3.05) is 0 Å². The molecule has 14 heavy (non-hydrogen) atoms. The van der Waals surface area contributed by atoms with Crippen molar-refractivity contribution in [2.45, 2.75) is 25.9 Å². The minimum atomic E-state index is -1.30. The number of rotatable bonds is 4. The van der Waals surface area contributed by atoms with Gasteiger partial charge >= 0.3 is 5.97 Å². The molecule has 0 aliphatic rings. The Labute approximate surface area is 83.0 Å². The fraction of sp³-hybridized carbons (Fsp3) is 0.364.